The second-order valence-electron chi connectivity index (χ2n) is 10.9. The third-order valence-corrected chi connectivity index (χ3v) is 64.1. The molecule has 0 saturated carbocycles. The predicted octanol–water partition coefficient (Wildman–Crippen LogP) is 2.22. The van der Waals surface area contributed by atoms with Crippen LogP contribution in [0, 0.1) is 0 Å². The van der Waals surface area contributed by atoms with Gasteiger partial charge in [0, 0.05) is 0 Å². The molecule has 4 nitrogen and oxygen atoms in total. The summed E-state index contributed by atoms with van der Waals surface area (Å²) >= 11 is 0. The van der Waals surface area contributed by atoms with Crippen LogP contribution in [0.1, 0.15) is 6.92 Å². The third-order valence-electron chi connectivity index (χ3n) is 15.8. The van der Waals surface area contributed by atoms with Crippen LogP contribution >= 0.6 is 0 Å². The molecule has 10 heterocycles. The van der Waals surface area contributed by atoms with E-state index in [2.05, 4.69) is 0 Å². The van der Waals surface area contributed by atoms with Crippen molar-refractivity contribution in [1.82, 2.24) is 0 Å². The Hall–Kier alpha value is 0.0995. The Labute approximate surface area is 100 Å². The molecule has 0 N–H and O–H groups in total. The summed E-state index contributed by atoms with van der Waals surface area (Å²) in [4.78, 5) is 18.1. The molecule has 0 bridgehead atoms. The number of hydrogen-bond donors (Lipinski definition) is 0. The minimum absolute atomic E-state index is 0.0139. The number of ketones is 1. The molecule has 10 saturated heterocycles. The second kappa shape index (κ2) is 0.638. The summed E-state index contributed by atoms with van der Waals surface area (Å²) in [6, 6.07) is 0. The fourth-order valence-electron chi connectivity index (χ4n) is 18.1. The van der Waals surface area contributed by atoms with Crippen LogP contribution in [-0.4, -0.2) is 25.0 Å². The van der Waals surface area contributed by atoms with Gasteiger partial charge in [0.05, 0.1) is 0 Å². The molecule has 104 valence electrons. The topological polar surface area (TPSA) is 60.4 Å². The zero-order valence-corrected chi connectivity index (χ0v) is 12.4. The van der Waals surface area contributed by atoms with E-state index < -0.39 is 16.6 Å². The predicted molar refractivity (Wildman–Crippen MR) is 62.0 cm³/mol. The molecule has 10 rings (SSSR count). The summed E-state index contributed by atoms with van der Waals surface area (Å²) in [5.74, 6) is 0.407. The van der Waals surface area contributed by atoms with Crippen LogP contribution in [-0.2, 0) is 25.6 Å². The normalized spacial score (nSPS) is 113. The molecule has 0 aromatic heterocycles. The molecule has 0 amide bonds. The molecule has 1 spiro atoms. The Bertz CT molecular complexity index is 1240. The van der Waals surface area contributed by atoms with E-state index in [9.17, 15) is 13.2 Å². The summed E-state index contributed by atoms with van der Waals surface area (Å²) in [5, 5.41) is 0. The van der Waals surface area contributed by atoms with Gasteiger partial charge in [-0.1, -0.05) is 0 Å². The number of fused-ring (bicyclic) bond motifs is 10. The first kappa shape index (κ1) is 7.92. The Morgan fingerprint density at radius 2 is 1.53 bits per heavy atom. The fraction of sp³-hybridized carbons (Fsp3) is 0.923. The summed E-state index contributed by atoms with van der Waals surface area (Å²) in [6.07, 6.45) is 0. The Morgan fingerprint density at radius 1 is 1.05 bits per heavy atom. The van der Waals surface area contributed by atoms with E-state index in [4.69, 9.17) is 4.18 Å². The summed E-state index contributed by atoms with van der Waals surface area (Å²) in [7, 11) is -2.06. The zero-order valence-electron chi connectivity index (χ0n) is 10.5. The van der Waals surface area contributed by atoms with E-state index >= 15 is 0 Å². The summed E-state index contributed by atoms with van der Waals surface area (Å²) in [6.45, 7) is -2.31. The minimum atomic E-state index is -4.09. The van der Waals surface area contributed by atoms with Crippen molar-refractivity contribution >= 4 is 15.9 Å². The average Bonchev–Trinajstić information content (AvgIpc) is 3.30. The van der Waals surface area contributed by atoms with Gasteiger partial charge in [0.15, 0.2) is 0 Å². The van der Waals surface area contributed by atoms with Gasteiger partial charge in [-0.15, -0.1) is 0 Å². The first-order valence-electron chi connectivity index (χ1n) is 7.21. The first-order chi connectivity index (χ1) is 8.69. The van der Waals surface area contributed by atoms with E-state index in [0.717, 1.165) is 19.3 Å². The molecule has 0 aliphatic carbocycles. The monoisotopic (exact) mass is 322 g/mol. The van der Waals surface area contributed by atoms with Crippen molar-refractivity contribution in [2.24, 2.45) is 0 Å². The Balaban J connectivity index is 1.67. The molecule has 10 fully saturated rings. The molecule has 19 heavy (non-hydrogen) atoms. The van der Waals surface area contributed by atoms with Crippen molar-refractivity contribution in [3.05, 3.63) is 0 Å². The Morgan fingerprint density at radius 3 is 1.79 bits per heavy atom. The van der Waals surface area contributed by atoms with Crippen LogP contribution in [0.25, 0.3) is 0 Å². The number of carbonyl (C=O) groups excluding carboxylic acids is 1. The fourth-order valence-corrected chi connectivity index (χ4v) is 106. The van der Waals surface area contributed by atoms with E-state index in [-0.39, 0.29) is 7.96 Å². The first-order valence-corrected chi connectivity index (χ1v) is 14.8. The molecular weight excluding hydrogens is 308 g/mol. The van der Waals surface area contributed by atoms with Crippen molar-refractivity contribution in [2.75, 3.05) is 7.11 Å². The Kier molecular flexibility index (Phi) is 0.266. The quantitative estimate of drug-likeness (QED) is 0.590. The molecule has 8 unspecified atom stereocenters. The SMILES string of the molecule is COS(=O)(=O)[C]12[CH]3[CH]4[CH]5[CH]1[Fe]45321678[CH]2[CH]1[CH]6[C]7(C(C)=O)[CH]28. The maximum absolute atomic E-state index is 12.8. The van der Waals surface area contributed by atoms with Crippen molar-refractivity contribution < 1.29 is 23.9 Å². The standard InChI is InChI=1S/C7H7O.C6H7O3S.Fe/c1-6(8)7-4-2-3-5-7;1-9-10(7,8)6-4-2-3-5-6;/h2-5H,1H3;2-5H,1H3;. The number of hydrogen-bond acceptors (Lipinski definition) is 4. The van der Waals surface area contributed by atoms with Gasteiger partial charge < -0.3 is 0 Å². The van der Waals surface area contributed by atoms with Crippen LogP contribution in [0.5, 0.6) is 0 Å². The van der Waals surface area contributed by atoms with Crippen LogP contribution in [0.4, 0.5) is 0 Å². The van der Waals surface area contributed by atoms with E-state index in [1.807, 2.05) is 0 Å². The molecule has 10 aliphatic heterocycles. The zero-order chi connectivity index (χ0) is 12.7. The van der Waals surface area contributed by atoms with Gasteiger partial charge in [0.2, 0.25) is 0 Å². The van der Waals surface area contributed by atoms with Gasteiger partial charge in [-0.3, -0.25) is 0 Å². The van der Waals surface area contributed by atoms with Gasteiger partial charge in [-0.05, 0) is 0 Å². The molecule has 0 radical (unpaired) electrons. The van der Waals surface area contributed by atoms with Crippen LogP contribution in [0.3, 0.4) is 0 Å². The van der Waals surface area contributed by atoms with E-state index in [1.165, 1.54) is 7.11 Å². The molecule has 0 aromatic rings. The van der Waals surface area contributed by atoms with Crippen molar-refractivity contribution in [3.8, 4) is 0 Å². The maximum atomic E-state index is 12.8. The molecule has 0 aromatic carbocycles. The van der Waals surface area contributed by atoms with Gasteiger partial charge in [0.1, 0.15) is 0 Å². The summed E-state index contributed by atoms with van der Waals surface area (Å²) in [5.41, 5.74) is 0. The van der Waals surface area contributed by atoms with Crippen LogP contribution in [0.15, 0.2) is 0 Å². The second-order valence-corrected chi connectivity index (χ2v) is 36.3. The third kappa shape index (κ3) is 0.0787. The van der Waals surface area contributed by atoms with Gasteiger partial charge >= 0.3 is 100 Å². The molecule has 10 aliphatic rings. The number of carbonyl (C=O) groups is 1. The number of Topliss-reactive ketones (excluding diaryl/α,β-unsaturated/α-hetero) is 1. The van der Waals surface area contributed by atoms with Crippen molar-refractivity contribution in [1.29, 1.82) is 0 Å². The van der Waals surface area contributed by atoms with Crippen LogP contribution in [0.2, 0.25) is 42.8 Å². The van der Waals surface area contributed by atoms with Crippen LogP contribution < -0.4 is 0 Å². The average molecular weight is 322 g/mol. The van der Waals surface area contributed by atoms with Gasteiger partial charge in [0.25, 0.3) is 0 Å². The molecule has 6 heteroatoms. The van der Waals surface area contributed by atoms with E-state index in [0.29, 0.717) is 25.0 Å². The van der Waals surface area contributed by atoms with Gasteiger partial charge in [-0.2, -0.15) is 0 Å². The van der Waals surface area contributed by atoms with E-state index in [1.54, 1.807) is 6.92 Å². The summed E-state index contributed by atoms with van der Waals surface area (Å²) < 4.78 is 30.4. The number of rotatable bonds is 3. The molecular formula is C13H14FeO4S. The van der Waals surface area contributed by atoms with Crippen molar-refractivity contribution in [2.45, 2.75) is 53.4 Å². The van der Waals surface area contributed by atoms with Crippen molar-refractivity contribution in [3.63, 3.8) is 0 Å². The molecule has 8 atom stereocenters. The van der Waals surface area contributed by atoms with Gasteiger partial charge in [-0.25, -0.2) is 0 Å².